The minimum absolute atomic E-state index is 0.0894. The third-order valence-corrected chi connectivity index (χ3v) is 6.68. The fourth-order valence-corrected chi connectivity index (χ4v) is 4.42. The van der Waals surface area contributed by atoms with Crippen molar-refractivity contribution in [3.05, 3.63) is 102 Å². The van der Waals surface area contributed by atoms with E-state index in [4.69, 9.17) is 9.47 Å². The summed E-state index contributed by atoms with van der Waals surface area (Å²) in [6, 6.07) is 21.4. The molecule has 216 valence electrons. The zero-order valence-electron chi connectivity index (χ0n) is 22.7. The van der Waals surface area contributed by atoms with Crippen LogP contribution in [0, 0.1) is 0 Å². The number of amides is 2. The van der Waals surface area contributed by atoms with Crippen molar-refractivity contribution < 1.29 is 32.2 Å². The van der Waals surface area contributed by atoms with Crippen LogP contribution < -0.4 is 4.74 Å². The molecule has 3 aromatic carbocycles. The Labute approximate surface area is 236 Å². The second kappa shape index (κ2) is 13.8. The maximum atomic E-state index is 13.6. The first-order valence-corrected chi connectivity index (χ1v) is 13.2. The lowest BCUT2D eigenvalue weighted by molar-refractivity contribution is -0.142. The number of aromatic nitrogens is 1. The Balaban J connectivity index is 1.50. The highest BCUT2D eigenvalue weighted by Crippen LogP contribution is 2.29. The molecule has 4 aromatic rings. The number of alkyl halides is 3. The molecule has 0 unspecified atom stereocenters. The topological polar surface area (TPSA) is 74.9 Å². The van der Waals surface area contributed by atoms with Gasteiger partial charge in [-0.25, -0.2) is 0 Å². The molecule has 0 saturated carbocycles. The van der Waals surface area contributed by atoms with E-state index in [0.29, 0.717) is 24.3 Å². The van der Waals surface area contributed by atoms with Crippen molar-refractivity contribution in [1.82, 2.24) is 14.8 Å². The molecular formula is C31H32F3N3O4. The van der Waals surface area contributed by atoms with E-state index in [1.165, 1.54) is 24.1 Å². The van der Waals surface area contributed by atoms with Gasteiger partial charge in [-0.05, 0) is 47.9 Å². The van der Waals surface area contributed by atoms with E-state index < -0.39 is 11.7 Å². The van der Waals surface area contributed by atoms with Crippen molar-refractivity contribution in [3.8, 4) is 5.75 Å². The van der Waals surface area contributed by atoms with E-state index in [-0.39, 0.29) is 44.7 Å². The number of methoxy groups -OCH3 is 1. The number of carbonyl (C=O) groups is 2. The smallest absolute Gasteiger partial charge is 0.416 e. The van der Waals surface area contributed by atoms with Gasteiger partial charge in [-0.3, -0.25) is 9.59 Å². The molecule has 0 saturated heterocycles. The number of halogens is 3. The number of rotatable bonds is 13. The lowest BCUT2D eigenvalue weighted by atomic mass is 10.1. The SMILES string of the molecule is COCCN(CC(=O)N(CCc1c[nH]c2ccccc12)Cc1ccc(C(F)(F)F)cc1)C(=O)COc1ccccc1. The largest absolute Gasteiger partial charge is 0.484 e. The summed E-state index contributed by atoms with van der Waals surface area (Å²) >= 11 is 0. The maximum absolute atomic E-state index is 13.6. The maximum Gasteiger partial charge on any atom is 0.416 e. The average molecular weight is 568 g/mol. The lowest BCUT2D eigenvalue weighted by Crippen LogP contribution is -2.46. The van der Waals surface area contributed by atoms with Crippen LogP contribution in [0.4, 0.5) is 13.2 Å². The van der Waals surface area contributed by atoms with Crippen molar-refractivity contribution in [2.24, 2.45) is 0 Å². The zero-order valence-corrected chi connectivity index (χ0v) is 22.7. The number of carbonyl (C=O) groups excluding carboxylic acids is 2. The minimum Gasteiger partial charge on any atom is -0.484 e. The Morgan fingerprint density at radius 3 is 2.27 bits per heavy atom. The Morgan fingerprint density at radius 1 is 0.854 bits per heavy atom. The molecule has 0 atom stereocenters. The normalized spacial score (nSPS) is 11.4. The fraction of sp³-hybridized carbons (Fsp3) is 0.290. The first-order chi connectivity index (χ1) is 19.7. The van der Waals surface area contributed by atoms with E-state index in [0.717, 1.165) is 28.6 Å². The number of nitrogens with one attached hydrogen (secondary N) is 1. The number of hydrogen-bond acceptors (Lipinski definition) is 4. The highest BCUT2D eigenvalue weighted by molar-refractivity contribution is 5.86. The number of hydrogen-bond donors (Lipinski definition) is 1. The van der Waals surface area contributed by atoms with Gasteiger partial charge in [0.1, 0.15) is 5.75 Å². The molecule has 4 rings (SSSR count). The summed E-state index contributed by atoms with van der Waals surface area (Å²) < 4.78 is 50.0. The van der Waals surface area contributed by atoms with Crippen LogP contribution in [-0.4, -0.2) is 66.6 Å². The number of para-hydroxylation sites is 2. The van der Waals surface area contributed by atoms with Crippen LogP contribution in [0.15, 0.2) is 85.1 Å². The van der Waals surface area contributed by atoms with Crippen molar-refractivity contribution in [2.45, 2.75) is 19.1 Å². The van der Waals surface area contributed by atoms with Crippen molar-refractivity contribution in [1.29, 1.82) is 0 Å². The van der Waals surface area contributed by atoms with Gasteiger partial charge in [0.2, 0.25) is 5.91 Å². The highest BCUT2D eigenvalue weighted by atomic mass is 19.4. The van der Waals surface area contributed by atoms with Gasteiger partial charge in [0.15, 0.2) is 6.61 Å². The van der Waals surface area contributed by atoms with Crippen LogP contribution in [0.2, 0.25) is 0 Å². The predicted molar refractivity (Wildman–Crippen MR) is 149 cm³/mol. The van der Waals surface area contributed by atoms with Crippen LogP contribution >= 0.6 is 0 Å². The van der Waals surface area contributed by atoms with Gasteiger partial charge in [-0.2, -0.15) is 13.2 Å². The van der Waals surface area contributed by atoms with Crippen LogP contribution in [-0.2, 0) is 33.5 Å². The van der Waals surface area contributed by atoms with Gasteiger partial charge < -0.3 is 24.3 Å². The van der Waals surface area contributed by atoms with Gasteiger partial charge in [-0.1, -0.05) is 48.5 Å². The molecule has 7 nitrogen and oxygen atoms in total. The van der Waals surface area contributed by atoms with E-state index in [9.17, 15) is 22.8 Å². The summed E-state index contributed by atoms with van der Waals surface area (Å²) in [5, 5.41) is 1.03. The molecule has 0 radical (unpaired) electrons. The molecule has 0 fully saturated rings. The van der Waals surface area contributed by atoms with Crippen LogP contribution in [0.3, 0.4) is 0 Å². The Bertz CT molecular complexity index is 1420. The standard InChI is InChI=1S/C31H32F3N3O4/c1-40-18-17-37(30(39)22-41-26-7-3-2-4-8-26)21-29(38)36(20-23-11-13-25(14-12-23)31(32,33)34)16-15-24-19-35-28-10-6-5-9-27(24)28/h2-14,19,35H,15-18,20-22H2,1H3. The van der Waals surface area contributed by atoms with E-state index >= 15 is 0 Å². The van der Waals surface area contributed by atoms with Crippen molar-refractivity contribution in [2.75, 3.05) is 40.0 Å². The van der Waals surface area contributed by atoms with Crippen LogP contribution in [0.1, 0.15) is 16.7 Å². The molecule has 0 spiro atoms. The summed E-state index contributed by atoms with van der Waals surface area (Å²) in [4.78, 5) is 32.8. The molecule has 41 heavy (non-hydrogen) atoms. The van der Waals surface area contributed by atoms with Gasteiger partial charge >= 0.3 is 6.18 Å². The molecule has 1 aromatic heterocycles. The minimum atomic E-state index is -4.45. The number of aromatic amines is 1. The molecular weight excluding hydrogens is 535 g/mol. The molecule has 1 N–H and O–H groups in total. The number of benzene rings is 3. The van der Waals surface area contributed by atoms with Gasteiger partial charge in [-0.15, -0.1) is 0 Å². The monoisotopic (exact) mass is 567 g/mol. The number of fused-ring (bicyclic) bond motifs is 1. The van der Waals surface area contributed by atoms with E-state index in [1.807, 2.05) is 36.5 Å². The van der Waals surface area contributed by atoms with Crippen LogP contribution in [0.5, 0.6) is 5.75 Å². The third-order valence-electron chi connectivity index (χ3n) is 6.68. The molecule has 0 aliphatic rings. The molecule has 10 heteroatoms. The second-order valence-corrected chi connectivity index (χ2v) is 9.53. The Hall–Kier alpha value is -4.31. The fourth-order valence-electron chi connectivity index (χ4n) is 4.42. The highest BCUT2D eigenvalue weighted by Gasteiger charge is 2.30. The summed E-state index contributed by atoms with van der Waals surface area (Å²) in [5.74, 6) is -0.194. The molecule has 0 bridgehead atoms. The van der Waals surface area contributed by atoms with Gasteiger partial charge in [0.05, 0.1) is 18.7 Å². The second-order valence-electron chi connectivity index (χ2n) is 9.53. The van der Waals surface area contributed by atoms with Crippen LogP contribution in [0.25, 0.3) is 10.9 Å². The lowest BCUT2D eigenvalue weighted by Gasteiger charge is -2.28. The summed E-state index contributed by atoms with van der Waals surface area (Å²) in [7, 11) is 1.50. The quantitative estimate of drug-likeness (QED) is 0.238. The number of H-pyrrole nitrogens is 1. The predicted octanol–water partition coefficient (Wildman–Crippen LogP) is 5.31. The summed E-state index contributed by atoms with van der Waals surface area (Å²) in [6.07, 6.45) is -2.05. The summed E-state index contributed by atoms with van der Waals surface area (Å²) in [5.41, 5.74) is 1.77. The zero-order chi connectivity index (χ0) is 29.2. The first kappa shape index (κ1) is 29.7. The van der Waals surface area contributed by atoms with Crippen molar-refractivity contribution in [3.63, 3.8) is 0 Å². The molecule has 2 amide bonds. The van der Waals surface area contributed by atoms with E-state index in [1.54, 1.807) is 29.2 Å². The van der Waals surface area contributed by atoms with Gasteiger partial charge in [0, 0.05) is 43.8 Å². The Kier molecular flexibility index (Phi) is 10.0. The third kappa shape index (κ3) is 8.34. The van der Waals surface area contributed by atoms with E-state index in [2.05, 4.69) is 4.98 Å². The summed E-state index contributed by atoms with van der Waals surface area (Å²) in [6.45, 7) is 0.305. The number of ether oxygens (including phenoxy) is 2. The van der Waals surface area contributed by atoms with Gasteiger partial charge in [0.25, 0.3) is 5.91 Å². The first-order valence-electron chi connectivity index (χ1n) is 13.2. The molecule has 0 aliphatic heterocycles. The number of nitrogens with zero attached hydrogens (tertiary/aromatic N) is 2. The molecule has 1 heterocycles. The molecule has 0 aliphatic carbocycles. The average Bonchev–Trinajstić information content (AvgIpc) is 3.39. The Morgan fingerprint density at radius 2 is 1.56 bits per heavy atom. The van der Waals surface area contributed by atoms with Crippen molar-refractivity contribution >= 4 is 22.7 Å².